The molecule has 0 saturated carbocycles. The number of halogens is 1. The molecule has 0 radical (unpaired) electrons. The van der Waals surface area contributed by atoms with Crippen molar-refractivity contribution >= 4 is 22.0 Å². The molecule has 1 aromatic rings. The average molecular weight is 274 g/mol. The number of aliphatic hydroxyl groups is 1. The lowest BCUT2D eigenvalue weighted by Crippen LogP contribution is -2.45. The second-order valence-electron chi connectivity index (χ2n) is 3.43. The number of benzene rings is 1. The molecule has 0 saturated heterocycles. The van der Waals surface area contributed by atoms with Crippen molar-refractivity contribution < 1.29 is 15.0 Å². The highest BCUT2D eigenvalue weighted by Gasteiger charge is 2.27. The highest BCUT2D eigenvalue weighted by atomic mass is 79.9. The minimum Gasteiger partial charge on any atom is -0.465 e. The minimum absolute atomic E-state index is 0.296. The molecule has 0 aliphatic heterocycles. The smallest absolute Gasteiger partial charge is 0.405 e. The topological polar surface area (TPSA) is 69.6 Å². The third-order valence-electron chi connectivity index (χ3n) is 2.16. The maximum Gasteiger partial charge on any atom is 0.405 e. The zero-order valence-corrected chi connectivity index (χ0v) is 9.78. The van der Waals surface area contributed by atoms with Gasteiger partial charge in [-0.25, -0.2) is 4.79 Å². The fraction of sp³-hybridized carbons (Fsp3) is 0.300. The van der Waals surface area contributed by atoms with Gasteiger partial charge in [0.05, 0.1) is 12.1 Å². The zero-order chi connectivity index (χ0) is 11.5. The molecular formula is C10H12BrNO3. The Bertz CT molecular complexity index is 369. The molecule has 0 aliphatic carbocycles. The Hall–Kier alpha value is -1.07. The predicted molar refractivity (Wildman–Crippen MR) is 59.7 cm³/mol. The van der Waals surface area contributed by atoms with Gasteiger partial charge in [-0.3, -0.25) is 0 Å². The maximum absolute atomic E-state index is 10.6. The van der Waals surface area contributed by atoms with Crippen molar-refractivity contribution in [2.75, 3.05) is 6.61 Å². The molecule has 1 amide bonds. The fourth-order valence-electron chi connectivity index (χ4n) is 1.27. The number of aliphatic hydroxyl groups excluding tert-OH is 1. The quantitative estimate of drug-likeness (QED) is 0.788. The van der Waals surface area contributed by atoms with Crippen LogP contribution in [0.4, 0.5) is 4.79 Å². The first kappa shape index (κ1) is 12.0. The first-order chi connectivity index (χ1) is 6.98. The molecule has 0 aromatic heterocycles. The molecule has 0 unspecified atom stereocenters. The molecule has 0 fully saturated rings. The second-order valence-corrected chi connectivity index (χ2v) is 4.35. The van der Waals surface area contributed by atoms with Crippen molar-refractivity contribution in [2.24, 2.45) is 0 Å². The molecular weight excluding hydrogens is 262 g/mol. The number of hydrogen-bond donors (Lipinski definition) is 3. The standard InChI is InChI=1S/C10H12BrNO3/c1-10(6-13,12-9(14)15)7-3-2-4-8(11)5-7/h2-5,12-13H,6H2,1H3,(H,14,15)/t10-/m0/s1. The van der Waals surface area contributed by atoms with Gasteiger partial charge in [0.1, 0.15) is 0 Å². The maximum atomic E-state index is 10.6. The monoisotopic (exact) mass is 273 g/mol. The number of rotatable bonds is 3. The summed E-state index contributed by atoms with van der Waals surface area (Å²) in [6.07, 6.45) is -1.16. The summed E-state index contributed by atoms with van der Waals surface area (Å²) in [4.78, 5) is 10.6. The Labute approximate surface area is 96.1 Å². The van der Waals surface area contributed by atoms with E-state index in [0.717, 1.165) is 4.47 Å². The number of carboxylic acid groups (broad SMARTS) is 1. The Morgan fingerprint density at radius 1 is 1.60 bits per heavy atom. The van der Waals surface area contributed by atoms with E-state index in [1.165, 1.54) is 0 Å². The van der Waals surface area contributed by atoms with E-state index in [1.54, 1.807) is 25.1 Å². The van der Waals surface area contributed by atoms with E-state index in [-0.39, 0.29) is 6.61 Å². The van der Waals surface area contributed by atoms with E-state index in [4.69, 9.17) is 5.11 Å². The van der Waals surface area contributed by atoms with Gasteiger partial charge >= 0.3 is 6.09 Å². The summed E-state index contributed by atoms with van der Waals surface area (Å²) in [7, 11) is 0. The fourth-order valence-corrected chi connectivity index (χ4v) is 1.67. The van der Waals surface area contributed by atoms with Crippen LogP contribution in [0, 0.1) is 0 Å². The highest BCUT2D eigenvalue weighted by Crippen LogP contribution is 2.23. The van der Waals surface area contributed by atoms with Crippen LogP contribution in [-0.2, 0) is 5.54 Å². The van der Waals surface area contributed by atoms with Crippen molar-refractivity contribution in [1.29, 1.82) is 0 Å². The molecule has 1 aromatic carbocycles. The zero-order valence-electron chi connectivity index (χ0n) is 8.20. The Balaban J connectivity index is 3.05. The summed E-state index contributed by atoms with van der Waals surface area (Å²) in [6.45, 7) is 1.33. The van der Waals surface area contributed by atoms with Crippen LogP contribution in [0.5, 0.6) is 0 Å². The van der Waals surface area contributed by atoms with Crippen LogP contribution >= 0.6 is 15.9 Å². The minimum atomic E-state index is -1.16. The number of amides is 1. The lowest BCUT2D eigenvalue weighted by atomic mass is 9.93. The van der Waals surface area contributed by atoms with Crippen LogP contribution < -0.4 is 5.32 Å². The van der Waals surface area contributed by atoms with Gasteiger partial charge in [-0.05, 0) is 24.6 Å². The SMILES string of the molecule is C[C@@](CO)(NC(=O)O)c1cccc(Br)c1. The largest absolute Gasteiger partial charge is 0.465 e. The van der Waals surface area contributed by atoms with Crippen molar-refractivity contribution in [2.45, 2.75) is 12.5 Å². The van der Waals surface area contributed by atoms with E-state index < -0.39 is 11.6 Å². The average Bonchev–Trinajstić information content (AvgIpc) is 2.16. The summed E-state index contributed by atoms with van der Waals surface area (Å²) in [6, 6.07) is 7.15. The first-order valence-corrected chi connectivity index (χ1v) is 5.15. The molecule has 4 nitrogen and oxygen atoms in total. The molecule has 0 bridgehead atoms. The van der Waals surface area contributed by atoms with Gasteiger partial charge in [-0.2, -0.15) is 0 Å². The lowest BCUT2D eigenvalue weighted by Gasteiger charge is -2.27. The molecule has 1 atom stereocenters. The third kappa shape index (κ3) is 2.94. The van der Waals surface area contributed by atoms with E-state index in [1.807, 2.05) is 6.07 Å². The van der Waals surface area contributed by atoms with Gasteiger partial charge in [0.2, 0.25) is 0 Å². The van der Waals surface area contributed by atoms with Gasteiger partial charge < -0.3 is 15.5 Å². The first-order valence-electron chi connectivity index (χ1n) is 4.36. The lowest BCUT2D eigenvalue weighted by molar-refractivity contribution is 0.146. The molecule has 1 rings (SSSR count). The number of hydrogen-bond acceptors (Lipinski definition) is 2. The predicted octanol–water partition coefficient (Wildman–Crippen LogP) is 1.92. The molecule has 3 N–H and O–H groups in total. The van der Waals surface area contributed by atoms with Crippen LogP contribution in [0.2, 0.25) is 0 Å². The number of carbonyl (C=O) groups is 1. The summed E-state index contributed by atoms with van der Waals surface area (Å²) < 4.78 is 0.840. The van der Waals surface area contributed by atoms with Crippen LogP contribution in [-0.4, -0.2) is 22.9 Å². The van der Waals surface area contributed by atoms with Crippen molar-refractivity contribution in [3.63, 3.8) is 0 Å². The van der Waals surface area contributed by atoms with Crippen molar-refractivity contribution in [1.82, 2.24) is 5.32 Å². The van der Waals surface area contributed by atoms with E-state index in [9.17, 15) is 9.90 Å². The molecule has 82 valence electrons. The van der Waals surface area contributed by atoms with Crippen molar-refractivity contribution in [3.05, 3.63) is 34.3 Å². The van der Waals surface area contributed by atoms with Gasteiger partial charge in [-0.1, -0.05) is 28.1 Å². The Morgan fingerprint density at radius 2 is 2.27 bits per heavy atom. The van der Waals surface area contributed by atoms with Gasteiger partial charge in [0.25, 0.3) is 0 Å². The normalized spacial score (nSPS) is 14.3. The molecule has 0 aliphatic rings. The molecule has 5 heteroatoms. The Kier molecular flexibility index (Phi) is 3.71. The van der Waals surface area contributed by atoms with Crippen molar-refractivity contribution in [3.8, 4) is 0 Å². The summed E-state index contributed by atoms with van der Waals surface area (Å²) in [5.74, 6) is 0. The highest BCUT2D eigenvalue weighted by molar-refractivity contribution is 9.10. The third-order valence-corrected chi connectivity index (χ3v) is 2.65. The van der Waals surface area contributed by atoms with E-state index in [2.05, 4.69) is 21.2 Å². The summed E-state index contributed by atoms with van der Waals surface area (Å²) in [5, 5.41) is 20.2. The van der Waals surface area contributed by atoms with Crippen LogP contribution in [0.1, 0.15) is 12.5 Å². The van der Waals surface area contributed by atoms with E-state index in [0.29, 0.717) is 5.56 Å². The summed E-state index contributed by atoms with van der Waals surface area (Å²) in [5.41, 5.74) is -0.267. The summed E-state index contributed by atoms with van der Waals surface area (Å²) >= 11 is 3.29. The van der Waals surface area contributed by atoms with Crippen LogP contribution in [0.25, 0.3) is 0 Å². The second kappa shape index (κ2) is 4.63. The van der Waals surface area contributed by atoms with Gasteiger partial charge in [0, 0.05) is 4.47 Å². The van der Waals surface area contributed by atoms with E-state index >= 15 is 0 Å². The van der Waals surface area contributed by atoms with Crippen LogP contribution in [0.15, 0.2) is 28.7 Å². The van der Waals surface area contributed by atoms with Crippen LogP contribution in [0.3, 0.4) is 0 Å². The van der Waals surface area contributed by atoms with Gasteiger partial charge in [-0.15, -0.1) is 0 Å². The molecule has 15 heavy (non-hydrogen) atoms. The molecule has 0 heterocycles. The Morgan fingerprint density at radius 3 is 2.73 bits per heavy atom. The van der Waals surface area contributed by atoms with Gasteiger partial charge in [0.15, 0.2) is 0 Å². The number of nitrogens with one attached hydrogen (secondary N) is 1. The molecule has 0 spiro atoms.